The minimum Gasteiger partial charge on any atom is -0.368 e. The monoisotopic (exact) mass is 377 g/mol. The lowest BCUT2D eigenvalue weighted by molar-refractivity contribution is 0.589. The van der Waals surface area contributed by atoms with Crippen LogP contribution in [0.1, 0.15) is 5.56 Å². The lowest BCUT2D eigenvalue weighted by Gasteiger charge is -2.11. The molecule has 4 rings (SSSR count). The third-order valence-corrected chi connectivity index (χ3v) is 4.51. The summed E-state index contributed by atoms with van der Waals surface area (Å²) in [5.41, 5.74) is 0.705. The maximum atomic E-state index is 14.2. The van der Waals surface area contributed by atoms with Gasteiger partial charge in [-0.15, -0.1) is 0 Å². The van der Waals surface area contributed by atoms with Crippen LogP contribution in [-0.2, 0) is 6.42 Å². The van der Waals surface area contributed by atoms with Gasteiger partial charge in [0.25, 0.3) is 0 Å². The van der Waals surface area contributed by atoms with Gasteiger partial charge >= 0.3 is 0 Å². The van der Waals surface area contributed by atoms with Gasteiger partial charge in [-0.05, 0) is 36.2 Å². The molecule has 28 heavy (non-hydrogen) atoms. The van der Waals surface area contributed by atoms with Crippen LogP contribution >= 0.6 is 0 Å². The van der Waals surface area contributed by atoms with Crippen LogP contribution in [0.25, 0.3) is 16.6 Å². The Hall–Kier alpha value is -3.54. The maximum Gasteiger partial charge on any atom is 0.190 e. The van der Waals surface area contributed by atoms with E-state index in [1.807, 2.05) is 18.2 Å². The van der Waals surface area contributed by atoms with E-state index < -0.39 is 17.1 Å². The first kappa shape index (κ1) is 17.9. The summed E-state index contributed by atoms with van der Waals surface area (Å²) in [7, 11) is 0. The zero-order valence-corrected chi connectivity index (χ0v) is 14.9. The molecule has 4 aromatic rings. The molecule has 0 aliphatic rings. The number of hydrogen-bond acceptors (Lipinski definition) is 3. The topological polar surface area (TPSA) is 46.4 Å². The van der Waals surface area contributed by atoms with Crippen molar-refractivity contribution in [2.24, 2.45) is 0 Å². The van der Waals surface area contributed by atoms with Crippen molar-refractivity contribution in [1.29, 1.82) is 0 Å². The molecule has 0 aliphatic heterocycles. The van der Waals surface area contributed by atoms with Gasteiger partial charge < -0.3 is 5.32 Å². The minimum absolute atomic E-state index is 0.0403. The van der Waals surface area contributed by atoms with Gasteiger partial charge in [0, 0.05) is 18.8 Å². The largest absolute Gasteiger partial charge is 0.368 e. The fraction of sp³-hybridized carbons (Fsp3) is 0.0909. The van der Waals surface area contributed by atoms with Crippen LogP contribution in [0.2, 0.25) is 0 Å². The molecule has 1 N–H and O–H groups in total. The second kappa shape index (κ2) is 7.60. The molecule has 2 aromatic carbocycles. The standard InChI is InChI=1S/C22H17F2N3O/c23-16-7-4-8-17(24)21(16)22-18-9-10-20(26-27(18)14-12-19(22)28)25-13-11-15-5-2-1-3-6-15/h1-10,12,14H,11,13H2,(H,25,26). The van der Waals surface area contributed by atoms with E-state index in [4.69, 9.17) is 0 Å². The Kier molecular flexibility index (Phi) is 4.85. The molecule has 0 saturated heterocycles. The van der Waals surface area contributed by atoms with E-state index in [1.165, 1.54) is 28.4 Å². The fourth-order valence-corrected chi connectivity index (χ4v) is 3.16. The zero-order chi connectivity index (χ0) is 19.5. The van der Waals surface area contributed by atoms with Crippen molar-refractivity contribution in [2.75, 3.05) is 11.9 Å². The van der Waals surface area contributed by atoms with Crippen molar-refractivity contribution in [1.82, 2.24) is 9.61 Å². The predicted octanol–water partition coefficient (Wildman–Crippen LogP) is 4.29. The molecule has 4 nitrogen and oxygen atoms in total. The van der Waals surface area contributed by atoms with Gasteiger partial charge in [0.1, 0.15) is 17.5 Å². The molecule has 0 unspecified atom stereocenters. The third kappa shape index (κ3) is 3.49. The van der Waals surface area contributed by atoms with Crippen LogP contribution in [0.5, 0.6) is 0 Å². The highest BCUT2D eigenvalue weighted by Gasteiger charge is 2.17. The predicted molar refractivity (Wildman–Crippen MR) is 105 cm³/mol. The third-order valence-electron chi connectivity index (χ3n) is 4.51. The molecule has 140 valence electrons. The summed E-state index contributed by atoms with van der Waals surface area (Å²) in [6, 6.07) is 18.2. The number of halogens is 2. The highest BCUT2D eigenvalue weighted by atomic mass is 19.1. The SMILES string of the molecule is O=c1ccn2nc(NCCc3ccccc3)ccc2c1-c1c(F)cccc1F. The summed E-state index contributed by atoms with van der Waals surface area (Å²) >= 11 is 0. The van der Waals surface area contributed by atoms with Gasteiger partial charge in [-0.3, -0.25) is 4.79 Å². The van der Waals surface area contributed by atoms with Gasteiger partial charge in [-0.1, -0.05) is 36.4 Å². The number of aromatic nitrogens is 2. The molecule has 0 radical (unpaired) electrons. The zero-order valence-electron chi connectivity index (χ0n) is 14.9. The van der Waals surface area contributed by atoms with Gasteiger partial charge in [0.15, 0.2) is 5.43 Å². The highest BCUT2D eigenvalue weighted by Crippen LogP contribution is 2.27. The number of benzene rings is 2. The van der Waals surface area contributed by atoms with Crippen molar-refractivity contribution in [3.05, 3.63) is 100 Å². The van der Waals surface area contributed by atoms with Crippen LogP contribution in [-0.4, -0.2) is 16.2 Å². The molecular weight excluding hydrogens is 360 g/mol. The average molecular weight is 377 g/mol. The van der Waals surface area contributed by atoms with Gasteiger partial charge in [0.05, 0.1) is 16.6 Å². The highest BCUT2D eigenvalue weighted by molar-refractivity contribution is 5.80. The Balaban J connectivity index is 1.66. The summed E-state index contributed by atoms with van der Waals surface area (Å²) in [4.78, 5) is 12.4. The molecule has 0 fully saturated rings. The summed E-state index contributed by atoms with van der Waals surface area (Å²) in [5, 5.41) is 7.64. The molecule has 0 amide bonds. The van der Waals surface area contributed by atoms with E-state index in [1.54, 1.807) is 12.1 Å². The van der Waals surface area contributed by atoms with Crippen LogP contribution in [0.4, 0.5) is 14.6 Å². The molecule has 0 spiro atoms. The van der Waals surface area contributed by atoms with Crippen molar-refractivity contribution >= 4 is 11.3 Å². The average Bonchev–Trinajstić information content (AvgIpc) is 2.70. The quantitative estimate of drug-likeness (QED) is 0.564. The summed E-state index contributed by atoms with van der Waals surface area (Å²) in [5.74, 6) is -0.961. The van der Waals surface area contributed by atoms with Crippen molar-refractivity contribution in [3.8, 4) is 11.1 Å². The van der Waals surface area contributed by atoms with Crippen molar-refractivity contribution in [2.45, 2.75) is 6.42 Å². The van der Waals surface area contributed by atoms with Crippen LogP contribution in [0.3, 0.4) is 0 Å². The van der Waals surface area contributed by atoms with Crippen LogP contribution in [0, 0.1) is 11.6 Å². The van der Waals surface area contributed by atoms with Gasteiger partial charge in [-0.2, -0.15) is 5.10 Å². The molecule has 0 saturated carbocycles. The number of nitrogens with one attached hydrogen (secondary N) is 1. The smallest absolute Gasteiger partial charge is 0.190 e. The second-order valence-electron chi connectivity index (χ2n) is 6.36. The number of fused-ring (bicyclic) bond motifs is 1. The normalized spacial score (nSPS) is 10.9. The molecule has 0 bridgehead atoms. The molecule has 6 heteroatoms. The second-order valence-corrected chi connectivity index (χ2v) is 6.36. The van der Waals surface area contributed by atoms with Crippen molar-refractivity contribution < 1.29 is 8.78 Å². The molecule has 0 aliphatic carbocycles. The number of rotatable bonds is 5. The van der Waals surface area contributed by atoms with Crippen LogP contribution < -0.4 is 10.7 Å². The molecule has 0 atom stereocenters. The Bertz CT molecular complexity index is 1170. The van der Waals surface area contributed by atoms with E-state index in [9.17, 15) is 13.6 Å². The van der Waals surface area contributed by atoms with Crippen molar-refractivity contribution in [3.63, 3.8) is 0 Å². The van der Waals surface area contributed by atoms with Crippen LogP contribution in [0.15, 0.2) is 77.7 Å². The number of pyridine rings is 1. The van der Waals surface area contributed by atoms with E-state index >= 15 is 0 Å². The van der Waals surface area contributed by atoms with E-state index in [2.05, 4.69) is 22.5 Å². The van der Waals surface area contributed by atoms with Gasteiger partial charge in [0.2, 0.25) is 0 Å². The minimum atomic E-state index is -0.782. The first-order chi connectivity index (χ1) is 13.6. The van der Waals surface area contributed by atoms with E-state index in [0.717, 1.165) is 18.6 Å². The number of anilines is 1. The summed E-state index contributed by atoms with van der Waals surface area (Å²) in [6.45, 7) is 0.678. The number of nitrogens with zero attached hydrogens (tertiary/aromatic N) is 2. The molecule has 2 aromatic heterocycles. The lowest BCUT2D eigenvalue weighted by Crippen LogP contribution is -2.13. The Morgan fingerprint density at radius 2 is 1.61 bits per heavy atom. The van der Waals surface area contributed by atoms with E-state index in [0.29, 0.717) is 17.9 Å². The summed E-state index contributed by atoms with van der Waals surface area (Å²) in [6.07, 6.45) is 2.32. The first-order valence-corrected chi connectivity index (χ1v) is 8.88. The summed E-state index contributed by atoms with van der Waals surface area (Å²) < 4.78 is 29.9. The Labute approximate surface area is 160 Å². The van der Waals surface area contributed by atoms with Gasteiger partial charge in [-0.25, -0.2) is 13.3 Å². The number of hydrogen-bond donors (Lipinski definition) is 1. The molecule has 2 heterocycles. The lowest BCUT2D eigenvalue weighted by atomic mass is 10.0. The Morgan fingerprint density at radius 3 is 2.36 bits per heavy atom. The maximum absolute atomic E-state index is 14.2. The Morgan fingerprint density at radius 1 is 0.857 bits per heavy atom. The molecular formula is C22H17F2N3O. The fourth-order valence-electron chi connectivity index (χ4n) is 3.16. The first-order valence-electron chi connectivity index (χ1n) is 8.88. The van der Waals surface area contributed by atoms with E-state index in [-0.39, 0.29) is 11.1 Å².